The summed E-state index contributed by atoms with van der Waals surface area (Å²) < 4.78 is 20.4. The molecule has 140 valence electrons. The van der Waals surface area contributed by atoms with Gasteiger partial charge in [-0.1, -0.05) is 24.3 Å². The summed E-state index contributed by atoms with van der Waals surface area (Å²) in [6.07, 6.45) is 0. The van der Waals surface area contributed by atoms with E-state index in [0.29, 0.717) is 16.9 Å². The number of ether oxygens (including phenoxy) is 1. The summed E-state index contributed by atoms with van der Waals surface area (Å²) in [7, 11) is 0. The summed E-state index contributed by atoms with van der Waals surface area (Å²) in [6.45, 7) is 3.70. The van der Waals surface area contributed by atoms with Gasteiger partial charge in [0.2, 0.25) is 0 Å². The maximum Gasteiger partial charge on any atom is 0.343 e. The number of carbonyl (C=O) groups is 1. The van der Waals surface area contributed by atoms with Gasteiger partial charge in [0.15, 0.2) is 0 Å². The van der Waals surface area contributed by atoms with Crippen molar-refractivity contribution in [3.8, 4) is 22.9 Å². The van der Waals surface area contributed by atoms with E-state index in [0.717, 1.165) is 11.4 Å². The van der Waals surface area contributed by atoms with Crippen molar-refractivity contribution in [1.82, 2.24) is 19.6 Å². The molecule has 0 amide bonds. The first-order chi connectivity index (χ1) is 13.4. The number of hydrogen-bond donors (Lipinski definition) is 1. The second-order valence-electron chi connectivity index (χ2n) is 6.24. The largest absolute Gasteiger partial charge is 0.478 e. The average Bonchev–Trinajstić information content (AvgIpc) is 3.04. The zero-order valence-electron chi connectivity index (χ0n) is 15.0. The number of rotatable bonds is 4. The van der Waals surface area contributed by atoms with Crippen molar-refractivity contribution in [3.05, 3.63) is 71.3 Å². The second-order valence-corrected chi connectivity index (χ2v) is 6.24. The number of fused-ring (bicyclic) bond motifs is 1. The Morgan fingerprint density at radius 3 is 2.57 bits per heavy atom. The molecule has 0 aliphatic rings. The van der Waals surface area contributed by atoms with Crippen LogP contribution in [0.15, 0.2) is 48.5 Å². The van der Waals surface area contributed by atoms with Gasteiger partial charge in [0, 0.05) is 11.4 Å². The third-order valence-electron chi connectivity index (χ3n) is 4.20. The van der Waals surface area contributed by atoms with Crippen molar-refractivity contribution < 1.29 is 19.0 Å². The van der Waals surface area contributed by atoms with Crippen molar-refractivity contribution in [2.45, 2.75) is 13.8 Å². The van der Waals surface area contributed by atoms with E-state index in [1.165, 1.54) is 34.8 Å². The van der Waals surface area contributed by atoms with Gasteiger partial charge in [0.05, 0.1) is 0 Å². The lowest BCUT2D eigenvalue weighted by Crippen LogP contribution is -2.03. The maximum atomic E-state index is 13.2. The highest BCUT2D eigenvalue weighted by molar-refractivity contribution is 5.99. The van der Waals surface area contributed by atoms with Gasteiger partial charge in [0.1, 0.15) is 17.1 Å². The molecule has 0 radical (unpaired) electrons. The van der Waals surface area contributed by atoms with Gasteiger partial charge in [-0.2, -0.15) is 9.50 Å². The monoisotopic (exact) mass is 378 g/mol. The van der Waals surface area contributed by atoms with Gasteiger partial charge in [-0.05, 0) is 49.2 Å². The smallest absolute Gasteiger partial charge is 0.343 e. The van der Waals surface area contributed by atoms with E-state index in [-0.39, 0.29) is 17.3 Å². The lowest BCUT2D eigenvalue weighted by molar-refractivity contribution is 0.0695. The first kappa shape index (κ1) is 17.6. The molecule has 2 aromatic heterocycles. The first-order valence-corrected chi connectivity index (χ1v) is 8.43. The van der Waals surface area contributed by atoms with E-state index in [9.17, 15) is 14.3 Å². The van der Waals surface area contributed by atoms with E-state index in [1.54, 1.807) is 12.1 Å². The van der Waals surface area contributed by atoms with Crippen LogP contribution in [0.5, 0.6) is 11.8 Å². The lowest BCUT2D eigenvalue weighted by atomic mass is 9.99. The van der Waals surface area contributed by atoms with Crippen LogP contribution in [0.4, 0.5) is 4.39 Å². The number of carboxylic acid groups (broad SMARTS) is 1. The Balaban J connectivity index is 1.80. The van der Waals surface area contributed by atoms with Gasteiger partial charge >= 0.3 is 12.0 Å². The zero-order valence-corrected chi connectivity index (χ0v) is 15.0. The fraction of sp³-hybridized carbons (Fsp3) is 0.100. The molecule has 0 saturated carbocycles. The summed E-state index contributed by atoms with van der Waals surface area (Å²) in [5, 5.41) is 14.0. The molecule has 0 bridgehead atoms. The molecule has 0 unspecified atom stereocenters. The van der Waals surface area contributed by atoms with E-state index in [2.05, 4.69) is 15.1 Å². The number of carboxylic acids is 1. The topological polar surface area (TPSA) is 89.6 Å². The van der Waals surface area contributed by atoms with Crippen LogP contribution in [0.25, 0.3) is 16.9 Å². The minimum Gasteiger partial charge on any atom is -0.478 e. The van der Waals surface area contributed by atoms with Crippen molar-refractivity contribution in [2.75, 3.05) is 0 Å². The molecular weight excluding hydrogens is 363 g/mol. The van der Waals surface area contributed by atoms with Crippen LogP contribution in [-0.2, 0) is 0 Å². The molecule has 0 spiro atoms. The number of halogens is 1. The minimum atomic E-state index is -1.18. The third kappa shape index (κ3) is 3.16. The van der Waals surface area contributed by atoms with Crippen molar-refractivity contribution in [3.63, 3.8) is 0 Å². The summed E-state index contributed by atoms with van der Waals surface area (Å²) in [6, 6.07) is 12.2. The molecule has 1 N–H and O–H groups in total. The number of benzene rings is 2. The van der Waals surface area contributed by atoms with Crippen LogP contribution in [0, 0.1) is 19.7 Å². The molecule has 0 saturated heterocycles. The highest BCUT2D eigenvalue weighted by Crippen LogP contribution is 2.33. The summed E-state index contributed by atoms with van der Waals surface area (Å²) >= 11 is 0. The van der Waals surface area contributed by atoms with Crippen LogP contribution < -0.4 is 4.74 Å². The van der Waals surface area contributed by atoms with Crippen LogP contribution in [0.2, 0.25) is 0 Å². The molecule has 0 fully saturated rings. The quantitative estimate of drug-likeness (QED) is 0.576. The van der Waals surface area contributed by atoms with Crippen molar-refractivity contribution in [2.24, 2.45) is 0 Å². The predicted octanol–water partition coefficient (Wildman–Crippen LogP) is 4.04. The minimum absolute atomic E-state index is 0.0139. The Morgan fingerprint density at radius 1 is 1.11 bits per heavy atom. The van der Waals surface area contributed by atoms with Crippen LogP contribution in [-0.4, -0.2) is 30.7 Å². The number of aromatic carboxylic acids is 1. The molecule has 0 aliphatic carbocycles. The van der Waals surface area contributed by atoms with Gasteiger partial charge in [-0.3, -0.25) is 0 Å². The van der Waals surface area contributed by atoms with Crippen LogP contribution in [0.1, 0.15) is 21.7 Å². The van der Waals surface area contributed by atoms with E-state index >= 15 is 0 Å². The van der Waals surface area contributed by atoms with Gasteiger partial charge < -0.3 is 9.84 Å². The number of nitrogens with zero attached hydrogens (tertiary/aromatic N) is 4. The molecular formula is C20H15FN4O3. The lowest BCUT2D eigenvalue weighted by Gasteiger charge is -2.11. The fourth-order valence-corrected chi connectivity index (χ4v) is 3.00. The number of hydrogen-bond acceptors (Lipinski definition) is 5. The third-order valence-corrected chi connectivity index (χ3v) is 4.20. The highest BCUT2D eigenvalue weighted by atomic mass is 19.1. The summed E-state index contributed by atoms with van der Waals surface area (Å²) in [4.78, 5) is 20.4. The SMILES string of the molecule is Cc1cc(C)n2nc(Oc3cccc(-c4ccc(F)cc4)c3C(=O)O)nc2n1. The highest BCUT2D eigenvalue weighted by Gasteiger charge is 2.20. The predicted molar refractivity (Wildman–Crippen MR) is 99.1 cm³/mol. The summed E-state index contributed by atoms with van der Waals surface area (Å²) in [5.74, 6) is -1.14. The molecule has 4 rings (SSSR count). The molecule has 0 aliphatic heterocycles. The molecule has 2 aromatic carbocycles. The Kier molecular flexibility index (Phi) is 4.23. The number of aryl methyl sites for hydroxylation is 2. The molecule has 2 heterocycles. The van der Waals surface area contributed by atoms with Crippen molar-refractivity contribution >= 4 is 11.7 Å². The zero-order chi connectivity index (χ0) is 19.8. The maximum absolute atomic E-state index is 13.2. The Hall–Kier alpha value is -3.81. The van der Waals surface area contributed by atoms with Gasteiger partial charge in [0.25, 0.3) is 5.78 Å². The number of aromatic nitrogens is 4. The fourth-order valence-electron chi connectivity index (χ4n) is 3.00. The van der Waals surface area contributed by atoms with Crippen LogP contribution >= 0.6 is 0 Å². The molecule has 4 aromatic rings. The standard InChI is InChI=1S/C20H15FN4O3/c1-11-10-12(2)25-19(22-11)23-20(24-25)28-16-5-3-4-15(17(16)18(26)27)13-6-8-14(21)9-7-13/h3-10H,1-2H3,(H,26,27). The van der Waals surface area contributed by atoms with E-state index in [4.69, 9.17) is 4.74 Å². The normalized spacial score (nSPS) is 11.0. The van der Waals surface area contributed by atoms with Gasteiger partial charge in [-0.25, -0.2) is 14.2 Å². The molecule has 0 atom stereocenters. The van der Waals surface area contributed by atoms with Gasteiger partial charge in [-0.15, -0.1) is 5.10 Å². The molecule has 28 heavy (non-hydrogen) atoms. The van der Waals surface area contributed by atoms with E-state index in [1.807, 2.05) is 19.9 Å². The summed E-state index contributed by atoms with van der Waals surface area (Å²) in [5.41, 5.74) is 2.50. The Labute approximate surface area is 159 Å². The Morgan fingerprint density at radius 2 is 1.86 bits per heavy atom. The van der Waals surface area contributed by atoms with E-state index < -0.39 is 11.8 Å². The Bertz CT molecular complexity index is 1200. The molecule has 8 heteroatoms. The molecule has 7 nitrogen and oxygen atoms in total. The van der Waals surface area contributed by atoms with Crippen LogP contribution in [0.3, 0.4) is 0 Å². The average molecular weight is 378 g/mol. The first-order valence-electron chi connectivity index (χ1n) is 8.43. The van der Waals surface area contributed by atoms with Crippen molar-refractivity contribution in [1.29, 1.82) is 0 Å². The second kappa shape index (κ2) is 6.73.